The average molecular weight is 513 g/mol. The Kier molecular flexibility index (Phi) is 7.77. The lowest BCUT2D eigenvalue weighted by Crippen LogP contribution is -2.32. The van der Waals surface area contributed by atoms with E-state index >= 15 is 0 Å². The van der Waals surface area contributed by atoms with E-state index in [1.807, 2.05) is 19.0 Å². The van der Waals surface area contributed by atoms with E-state index in [9.17, 15) is 14.7 Å². The van der Waals surface area contributed by atoms with Crippen molar-refractivity contribution < 1.29 is 38.4 Å². The van der Waals surface area contributed by atoms with Crippen LogP contribution in [0.1, 0.15) is 23.6 Å². The topological polar surface area (TPSA) is 107 Å². The first-order chi connectivity index (χ1) is 17.8. The lowest BCUT2D eigenvalue weighted by molar-refractivity contribution is -0.139. The van der Waals surface area contributed by atoms with Crippen LogP contribution in [-0.4, -0.2) is 88.3 Å². The Morgan fingerprint density at radius 2 is 1.65 bits per heavy atom. The molecule has 10 nitrogen and oxygen atoms in total. The average Bonchev–Trinajstić information content (AvgIpc) is 3.16. The van der Waals surface area contributed by atoms with E-state index in [0.29, 0.717) is 72.6 Å². The molecular weight excluding hydrogens is 480 g/mol. The molecule has 2 aromatic rings. The maximum absolute atomic E-state index is 13.4. The van der Waals surface area contributed by atoms with Crippen molar-refractivity contribution in [2.45, 2.75) is 12.5 Å². The van der Waals surface area contributed by atoms with Gasteiger partial charge in [0.2, 0.25) is 5.75 Å². The van der Waals surface area contributed by atoms with Crippen LogP contribution in [0.25, 0.3) is 5.76 Å². The number of methoxy groups -OCH3 is 3. The van der Waals surface area contributed by atoms with Crippen LogP contribution in [0.3, 0.4) is 0 Å². The highest BCUT2D eigenvalue weighted by molar-refractivity contribution is 6.46. The predicted molar refractivity (Wildman–Crippen MR) is 136 cm³/mol. The van der Waals surface area contributed by atoms with Crippen LogP contribution < -0.4 is 23.7 Å². The Hall–Kier alpha value is -3.92. The van der Waals surface area contributed by atoms with Crippen molar-refractivity contribution in [3.8, 4) is 28.7 Å². The maximum Gasteiger partial charge on any atom is 0.295 e. The second kappa shape index (κ2) is 11.0. The molecule has 0 unspecified atom stereocenters. The molecule has 0 spiro atoms. The number of fused-ring (bicyclic) bond motifs is 1. The SMILES string of the molecule is COc1cc([C@@H]2/C(=C(\O)c3ccc4c(c3)OCCO4)C(=O)C(=O)N2CCCN(C)C)cc(OC)c1OC. The van der Waals surface area contributed by atoms with Crippen LogP contribution in [0, 0.1) is 0 Å². The molecule has 0 aliphatic carbocycles. The molecule has 0 aromatic heterocycles. The fourth-order valence-electron chi connectivity index (χ4n) is 4.62. The molecule has 1 atom stereocenters. The van der Waals surface area contributed by atoms with Crippen molar-refractivity contribution in [1.29, 1.82) is 0 Å². The predicted octanol–water partition coefficient (Wildman–Crippen LogP) is 2.86. The number of hydrogen-bond acceptors (Lipinski definition) is 9. The summed E-state index contributed by atoms with van der Waals surface area (Å²) in [5.74, 6) is 0.375. The highest BCUT2D eigenvalue weighted by Gasteiger charge is 2.46. The van der Waals surface area contributed by atoms with Gasteiger partial charge in [-0.1, -0.05) is 0 Å². The van der Waals surface area contributed by atoms with E-state index in [0.717, 1.165) is 0 Å². The normalized spacial score (nSPS) is 18.3. The number of nitrogens with zero attached hydrogens (tertiary/aromatic N) is 2. The van der Waals surface area contributed by atoms with E-state index in [1.165, 1.54) is 26.2 Å². The van der Waals surface area contributed by atoms with Gasteiger partial charge in [0.1, 0.15) is 19.0 Å². The fraction of sp³-hybridized carbons (Fsp3) is 0.407. The van der Waals surface area contributed by atoms with Crippen molar-refractivity contribution in [2.75, 3.05) is 61.7 Å². The second-order valence-electron chi connectivity index (χ2n) is 8.97. The number of hydrogen-bond donors (Lipinski definition) is 1. The Balaban J connectivity index is 1.87. The summed E-state index contributed by atoms with van der Waals surface area (Å²) in [5.41, 5.74) is 0.853. The zero-order valence-corrected chi connectivity index (χ0v) is 21.7. The minimum atomic E-state index is -0.871. The van der Waals surface area contributed by atoms with Gasteiger partial charge in [0, 0.05) is 12.1 Å². The van der Waals surface area contributed by atoms with Crippen molar-refractivity contribution >= 4 is 17.4 Å². The Bertz CT molecular complexity index is 1200. The highest BCUT2D eigenvalue weighted by atomic mass is 16.6. The molecule has 2 aliphatic heterocycles. The third kappa shape index (κ3) is 5.01. The maximum atomic E-state index is 13.4. The van der Waals surface area contributed by atoms with Crippen molar-refractivity contribution in [1.82, 2.24) is 9.80 Å². The van der Waals surface area contributed by atoms with E-state index in [2.05, 4.69) is 0 Å². The highest BCUT2D eigenvalue weighted by Crippen LogP contribution is 2.46. The van der Waals surface area contributed by atoms with Crippen LogP contribution in [0.5, 0.6) is 28.7 Å². The monoisotopic (exact) mass is 512 g/mol. The number of Topliss-reactive ketones (excluding diaryl/α,β-unsaturated/α-hetero) is 1. The fourth-order valence-corrected chi connectivity index (χ4v) is 4.62. The Morgan fingerprint density at radius 3 is 2.24 bits per heavy atom. The lowest BCUT2D eigenvalue weighted by atomic mass is 9.94. The molecule has 2 aromatic carbocycles. The Morgan fingerprint density at radius 1 is 1.00 bits per heavy atom. The number of rotatable bonds is 9. The molecule has 0 radical (unpaired) electrons. The van der Waals surface area contributed by atoms with Gasteiger partial charge in [-0.05, 0) is 63.0 Å². The van der Waals surface area contributed by atoms with Gasteiger partial charge in [-0.25, -0.2) is 0 Å². The van der Waals surface area contributed by atoms with Crippen molar-refractivity contribution in [3.05, 3.63) is 47.0 Å². The van der Waals surface area contributed by atoms with Crippen molar-refractivity contribution in [2.24, 2.45) is 0 Å². The number of carbonyl (C=O) groups is 2. The van der Waals surface area contributed by atoms with Gasteiger partial charge >= 0.3 is 0 Å². The van der Waals surface area contributed by atoms with Crippen LogP contribution in [-0.2, 0) is 9.59 Å². The lowest BCUT2D eigenvalue weighted by Gasteiger charge is -2.27. The summed E-state index contributed by atoms with van der Waals surface area (Å²) in [7, 11) is 8.35. The molecule has 1 amide bonds. The third-order valence-corrected chi connectivity index (χ3v) is 6.36. The van der Waals surface area contributed by atoms with Crippen LogP contribution >= 0.6 is 0 Å². The number of ether oxygens (including phenoxy) is 5. The number of benzene rings is 2. The summed E-state index contributed by atoms with van der Waals surface area (Å²) in [6.07, 6.45) is 0.630. The molecule has 2 aliphatic rings. The summed E-state index contributed by atoms with van der Waals surface area (Å²) in [6.45, 7) is 1.82. The van der Waals surface area contributed by atoms with Gasteiger partial charge in [-0.2, -0.15) is 0 Å². The molecule has 1 N–H and O–H groups in total. The standard InChI is InChI=1S/C27H32N2O8/c1-28(2)9-6-10-29-23(17-14-20(33-3)26(35-5)21(15-17)34-4)22(25(31)27(29)32)24(30)16-7-8-18-19(13-16)37-12-11-36-18/h7-8,13-15,23,30H,6,9-12H2,1-5H3/b24-22+/t23-/m1/s1. The number of carbonyl (C=O) groups excluding carboxylic acids is 2. The molecule has 2 heterocycles. The Labute approximate surface area is 215 Å². The molecule has 198 valence electrons. The van der Waals surface area contributed by atoms with Crippen LogP contribution in [0.2, 0.25) is 0 Å². The molecule has 0 saturated carbocycles. The summed E-state index contributed by atoms with van der Waals surface area (Å²) >= 11 is 0. The second-order valence-corrected chi connectivity index (χ2v) is 8.97. The first-order valence-electron chi connectivity index (χ1n) is 11.9. The van der Waals surface area contributed by atoms with E-state index < -0.39 is 17.7 Å². The first kappa shape index (κ1) is 26.2. The minimum absolute atomic E-state index is 0.0270. The van der Waals surface area contributed by atoms with E-state index in [4.69, 9.17) is 23.7 Å². The molecule has 1 saturated heterocycles. The van der Waals surface area contributed by atoms with Crippen molar-refractivity contribution in [3.63, 3.8) is 0 Å². The zero-order valence-electron chi connectivity index (χ0n) is 21.7. The van der Waals surface area contributed by atoms with Crippen LogP contribution in [0.4, 0.5) is 0 Å². The molecule has 0 bridgehead atoms. The van der Waals surface area contributed by atoms with Gasteiger partial charge in [0.25, 0.3) is 11.7 Å². The number of aliphatic hydroxyl groups excluding tert-OH is 1. The number of likely N-dealkylation sites (tertiary alicyclic amines) is 1. The van der Waals surface area contributed by atoms with Gasteiger partial charge in [-0.15, -0.1) is 0 Å². The molecular formula is C27H32N2O8. The number of aliphatic hydroxyl groups is 1. The van der Waals surface area contributed by atoms with Crippen LogP contribution in [0.15, 0.2) is 35.9 Å². The van der Waals surface area contributed by atoms with Gasteiger partial charge in [-0.3, -0.25) is 9.59 Å². The molecule has 4 rings (SSSR count). The van der Waals surface area contributed by atoms with Gasteiger partial charge in [0.15, 0.2) is 23.0 Å². The molecule has 37 heavy (non-hydrogen) atoms. The quantitative estimate of drug-likeness (QED) is 0.308. The molecule has 10 heteroatoms. The van der Waals surface area contributed by atoms with E-state index in [-0.39, 0.29) is 11.3 Å². The summed E-state index contributed by atoms with van der Waals surface area (Å²) < 4.78 is 27.7. The van der Waals surface area contributed by atoms with E-state index in [1.54, 1.807) is 30.3 Å². The third-order valence-electron chi connectivity index (χ3n) is 6.36. The largest absolute Gasteiger partial charge is 0.507 e. The summed E-state index contributed by atoms with van der Waals surface area (Å²) in [4.78, 5) is 30.1. The zero-order chi connectivity index (χ0) is 26.7. The number of amides is 1. The summed E-state index contributed by atoms with van der Waals surface area (Å²) in [5, 5.41) is 11.4. The summed E-state index contributed by atoms with van der Waals surface area (Å²) in [6, 6.07) is 7.42. The number of ketones is 1. The van der Waals surface area contributed by atoms with Gasteiger partial charge in [0.05, 0.1) is 32.9 Å². The smallest absolute Gasteiger partial charge is 0.295 e. The molecule has 1 fully saturated rings. The minimum Gasteiger partial charge on any atom is -0.507 e. The first-order valence-corrected chi connectivity index (χ1v) is 11.9. The van der Waals surface area contributed by atoms with Gasteiger partial charge < -0.3 is 38.6 Å².